The molecule has 0 saturated heterocycles. The van der Waals surface area contributed by atoms with E-state index in [-0.39, 0.29) is 11.8 Å². The highest BCUT2D eigenvalue weighted by molar-refractivity contribution is 7.98. The molecule has 0 aliphatic heterocycles. The molecule has 10 heteroatoms. The van der Waals surface area contributed by atoms with Gasteiger partial charge in [0.15, 0.2) is 5.96 Å². The molecule has 3 N–H and O–H groups in total. The molecule has 1 rings (SSSR count). The molecule has 0 aliphatic carbocycles. The topological polar surface area (TPSA) is 100.0 Å². The minimum Gasteiger partial charge on any atom is -0.370 e. The van der Waals surface area contributed by atoms with Gasteiger partial charge in [-0.3, -0.25) is 0 Å². The van der Waals surface area contributed by atoms with Gasteiger partial charge in [0.25, 0.3) is 0 Å². The Morgan fingerprint density at radius 2 is 2.29 bits per heavy atom. The van der Waals surface area contributed by atoms with Crippen LogP contribution in [0.2, 0.25) is 0 Å². The Bertz CT molecular complexity index is 525. The van der Waals surface area contributed by atoms with Crippen molar-refractivity contribution in [1.82, 2.24) is 9.97 Å². The predicted molar refractivity (Wildman–Crippen MR) is 74.6 cm³/mol. The van der Waals surface area contributed by atoms with Gasteiger partial charge < -0.3 is 11.1 Å². The van der Waals surface area contributed by atoms with Crippen molar-refractivity contribution in [2.24, 2.45) is 10.7 Å². The third kappa shape index (κ3) is 7.98. The van der Waals surface area contributed by atoms with Crippen LogP contribution in [0.3, 0.4) is 0 Å². The molecule has 0 unspecified atom stereocenters. The van der Waals surface area contributed by atoms with Gasteiger partial charge in [0.1, 0.15) is 18.2 Å². The Balaban J connectivity index is 2.54. The summed E-state index contributed by atoms with van der Waals surface area (Å²) in [6.45, 7) is -1.35. The SMILES string of the molecule is N#CCCSCc1nccc(NC(N)=NCC(F)(F)F)n1. The van der Waals surface area contributed by atoms with Crippen molar-refractivity contribution in [3.63, 3.8) is 0 Å². The molecular formula is C11H13F3N6S. The molecule has 0 radical (unpaired) electrons. The molecule has 114 valence electrons. The number of aliphatic imine (C=N–C) groups is 1. The van der Waals surface area contributed by atoms with Crippen LogP contribution in [-0.4, -0.2) is 34.4 Å². The molecule has 0 saturated carbocycles. The Hall–Kier alpha value is -2.02. The average molecular weight is 318 g/mol. The lowest BCUT2D eigenvalue weighted by molar-refractivity contribution is -0.118. The van der Waals surface area contributed by atoms with E-state index in [2.05, 4.69) is 20.3 Å². The third-order valence-corrected chi connectivity index (χ3v) is 2.93. The van der Waals surface area contributed by atoms with Crippen molar-refractivity contribution >= 4 is 23.5 Å². The van der Waals surface area contributed by atoms with Gasteiger partial charge in [-0.2, -0.15) is 30.2 Å². The minimum atomic E-state index is -4.40. The number of hydrogen-bond acceptors (Lipinski definition) is 5. The fourth-order valence-corrected chi connectivity index (χ4v) is 1.87. The summed E-state index contributed by atoms with van der Waals surface area (Å²) < 4.78 is 35.9. The van der Waals surface area contributed by atoms with Gasteiger partial charge in [0.2, 0.25) is 0 Å². The maximum absolute atomic E-state index is 12.0. The summed E-state index contributed by atoms with van der Waals surface area (Å²) in [5.74, 6) is 1.55. The lowest BCUT2D eigenvalue weighted by Crippen LogP contribution is -2.26. The van der Waals surface area contributed by atoms with Gasteiger partial charge in [-0.1, -0.05) is 0 Å². The van der Waals surface area contributed by atoms with Gasteiger partial charge in [-0.05, 0) is 6.07 Å². The first-order valence-corrected chi connectivity index (χ1v) is 6.96. The van der Waals surface area contributed by atoms with E-state index >= 15 is 0 Å². The number of hydrogen-bond donors (Lipinski definition) is 2. The van der Waals surface area contributed by atoms with E-state index in [1.54, 1.807) is 0 Å². The Morgan fingerprint density at radius 3 is 2.95 bits per heavy atom. The smallest absolute Gasteiger partial charge is 0.370 e. The second kappa shape index (κ2) is 8.31. The van der Waals surface area contributed by atoms with Crippen LogP contribution in [0.15, 0.2) is 17.3 Å². The number of guanidine groups is 1. The molecule has 21 heavy (non-hydrogen) atoms. The van der Waals surface area contributed by atoms with Crippen LogP contribution in [-0.2, 0) is 5.75 Å². The predicted octanol–water partition coefficient (Wildman–Crippen LogP) is 1.91. The number of thioether (sulfide) groups is 1. The van der Waals surface area contributed by atoms with Gasteiger partial charge in [-0.25, -0.2) is 15.0 Å². The van der Waals surface area contributed by atoms with Crippen molar-refractivity contribution in [3.8, 4) is 6.07 Å². The first-order valence-electron chi connectivity index (χ1n) is 5.81. The van der Waals surface area contributed by atoms with Gasteiger partial charge >= 0.3 is 6.18 Å². The van der Waals surface area contributed by atoms with E-state index < -0.39 is 12.7 Å². The van der Waals surface area contributed by atoms with Crippen LogP contribution < -0.4 is 11.1 Å². The molecule has 0 aromatic carbocycles. The summed E-state index contributed by atoms with van der Waals surface area (Å²) in [7, 11) is 0. The molecule has 0 amide bonds. The van der Waals surface area contributed by atoms with Crippen LogP contribution in [0.1, 0.15) is 12.2 Å². The average Bonchev–Trinajstić information content (AvgIpc) is 2.41. The van der Waals surface area contributed by atoms with Crippen LogP contribution in [0.4, 0.5) is 19.0 Å². The zero-order valence-corrected chi connectivity index (χ0v) is 11.7. The normalized spacial score (nSPS) is 12.0. The molecular weight excluding hydrogens is 305 g/mol. The van der Waals surface area contributed by atoms with Crippen molar-refractivity contribution in [1.29, 1.82) is 5.26 Å². The summed E-state index contributed by atoms with van der Waals surface area (Å²) in [6, 6.07) is 3.49. The molecule has 1 heterocycles. The van der Waals surface area contributed by atoms with E-state index in [0.717, 1.165) is 0 Å². The molecule has 0 bridgehead atoms. The number of aromatic nitrogens is 2. The van der Waals surface area contributed by atoms with Crippen LogP contribution >= 0.6 is 11.8 Å². The minimum absolute atomic E-state index is 0.268. The zero-order chi connectivity index (χ0) is 15.7. The van der Waals surface area contributed by atoms with Crippen LogP contribution in [0.25, 0.3) is 0 Å². The second-order valence-corrected chi connectivity index (χ2v) is 4.87. The number of nitrogens with two attached hydrogens (primary N) is 1. The van der Waals surface area contributed by atoms with Crippen LogP contribution in [0, 0.1) is 11.3 Å². The third-order valence-electron chi connectivity index (χ3n) is 1.98. The van der Waals surface area contributed by atoms with Crippen LogP contribution in [0.5, 0.6) is 0 Å². The molecule has 1 aromatic rings. The molecule has 0 atom stereocenters. The Kier molecular flexibility index (Phi) is 6.74. The monoisotopic (exact) mass is 318 g/mol. The van der Waals surface area contributed by atoms with Gasteiger partial charge in [-0.15, -0.1) is 0 Å². The van der Waals surface area contributed by atoms with Crippen molar-refractivity contribution in [3.05, 3.63) is 18.1 Å². The van der Waals surface area contributed by atoms with E-state index in [1.807, 2.05) is 6.07 Å². The van der Waals surface area contributed by atoms with E-state index in [4.69, 9.17) is 11.0 Å². The van der Waals surface area contributed by atoms with Gasteiger partial charge in [0.05, 0.1) is 11.8 Å². The lowest BCUT2D eigenvalue weighted by Gasteiger charge is -2.07. The highest BCUT2D eigenvalue weighted by Gasteiger charge is 2.26. The standard InChI is InChI=1S/C11H13F3N6S/c12-11(13,14)7-18-10(16)20-8-2-4-17-9(19-8)6-21-5-1-3-15/h2,4H,1,5-7H2,(H3,16,17,18,19,20). The molecule has 0 fully saturated rings. The zero-order valence-electron chi connectivity index (χ0n) is 10.9. The summed E-state index contributed by atoms with van der Waals surface area (Å²) in [4.78, 5) is 11.3. The molecule has 1 aromatic heterocycles. The first kappa shape index (κ1) is 17.0. The fraction of sp³-hybridized carbons (Fsp3) is 0.455. The number of alkyl halides is 3. The highest BCUT2D eigenvalue weighted by Crippen LogP contribution is 2.14. The molecule has 0 spiro atoms. The summed E-state index contributed by atoms with van der Waals surface area (Å²) in [5, 5.41) is 10.9. The van der Waals surface area contributed by atoms with Crippen molar-refractivity contribution < 1.29 is 13.2 Å². The summed E-state index contributed by atoms with van der Waals surface area (Å²) in [5.41, 5.74) is 5.34. The van der Waals surface area contributed by atoms with Crippen molar-refractivity contribution in [2.75, 3.05) is 17.6 Å². The molecule has 6 nitrogen and oxygen atoms in total. The number of nitriles is 1. The largest absolute Gasteiger partial charge is 0.408 e. The maximum Gasteiger partial charge on any atom is 0.408 e. The van der Waals surface area contributed by atoms with E-state index in [0.29, 0.717) is 23.8 Å². The Labute approximate surface area is 123 Å². The number of anilines is 1. The van der Waals surface area contributed by atoms with Gasteiger partial charge in [0, 0.05) is 18.4 Å². The number of nitrogens with zero attached hydrogens (tertiary/aromatic N) is 4. The number of halogens is 3. The summed E-state index contributed by atoms with van der Waals surface area (Å²) >= 11 is 1.49. The second-order valence-electron chi connectivity index (χ2n) is 3.76. The highest BCUT2D eigenvalue weighted by atomic mass is 32.2. The van der Waals surface area contributed by atoms with E-state index in [1.165, 1.54) is 24.0 Å². The summed E-state index contributed by atoms with van der Waals surface area (Å²) in [6.07, 6.45) is -2.51. The Morgan fingerprint density at radius 1 is 1.52 bits per heavy atom. The lowest BCUT2D eigenvalue weighted by atomic mass is 10.5. The first-order chi connectivity index (χ1) is 9.90. The van der Waals surface area contributed by atoms with E-state index in [9.17, 15) is 13.2 Å². The van der Waals surface area contributed by atoms with Crippen molar-refractivity contribution in [2.45, 2.75) is 18.3 Å². The number of rotatable bonds is 6. The fourth-order valence-electron chi connectivity index (χ4n) is 1.17. The maximum atomic E-state index is 12.0. The number of nitrogens with one attached hydrogen (secondary N) is 1. The quantitative estimate of drug-likeness (QED) is 0.472. The molecule has 0 aliphatic rings.